The zero-order valence-corrected chi connectivity index (χ0v) is 15.8. The number of carbonyl (C=O) groups excluding carboxylic acids is 2. The fourth-order valence-electron chi connectivity index (χ4n) is 3.88. The van der Waals surface area contributed by atoms with E-state index in [1.165, 1.54) is 24.3 Å². The largest absolute Gasteiger partial charge is 0.338 e. The molecular formula is C21H21FN2O2S. The molecule has 2 amide bonds. The number of hydrogen-bond acceptors (Lipinski definition) is 3. The molecule has 0 radical (unpaired) electrons. The standard InChI is InChI=1S/C21H21FN2O2S/c22-18-8-6-17(7-9-18)19(25)23-12-10-21(11-13-23)24(14-15-27-21)20(26)16-4-2-1-3-5-16/h1-9H,10-15H2. The molecular weight excluding hydrogens is 363 g/mol. The number of thioether (sulfide) groups is 1. The lowest BCUT2D eigenvalue weighted by atomic mass is 10.00. The Balaban J connectivity index is 1.46. The molecule has 2 heterocycles. The predicted molar refractivity (Wildman–Crippen MR) is 104 cm³/mol. The van der Waals surface area contributed by atoms with E-state index in [4.69, 9.17) is 0 Å². The van der Waals surface area contributed by atoms with Crippen molar-refractivity contribution >= 4 is 23.6 Å². The van der Waals surface area contributed by atoms with Crippen LogP contribution in [-0.4, -0.2) is 51.9 Å². The number of amides is 2. The average molecular weight is 384 g/mol. The lowest BCUT2D eigenvalue weighted by Gasteiger charge is -2.44. The molecule has 0 unspecified atom stereocenters. The van der Waals surface area contributed by atoms with Crippen LogP contribution in [0.25, 0.3) is 0 Å². The van der Waals surface area contributed by atoms with Crippen LogP contribution in [0.3, 0.4) is 0 Å². The predicted octanol–water partition coefficient (Wildman–Crippen LogP) is 3.65. The van der Waals surface area contributed by atoms with Gasteiger partial charge in [-0.25, -0.2) is 4.39 Å². The van der Waals surface area contributed by atoms with Crippen LogP contribution in [-0.2, 0) is 0 Å². The molecule has 0 atom stereocenters. The van der Waals surface area contributed by atoms with E-state index in [2.05, 4.69) is 0 Å². The molecule has 6 heteroatoms. The molecule has 0 bridgehead atoms. The SMILES string of the molecule is O=C(c1ccc(F)cc1)N1CCC2(CC1)SCCN2C(=O)c1ccccc1. The Bertz CT molecular complexity index is 833. The molecule has 0 N–H and O–H groups in total. The minimum atomic E-state index is -0.346. The van der Waals surface area contributed by atoms with E-state index < -0.39 is 0 Å². The van der Waals surface area contributed by atoms with Gasteiger partial charge >= 0.3 is 0 Å². The Labute approximate surface area is 162 Å². The van der Waals surface area contributed by atoms with Crippen molar-refractivity contribution in [1.82, 2.24) is 9.80 Å². The van der Waals surface area contributed by atoms with Crippen molar-refractivity contribution in [2.24, 2.45) is 0 Å². The van der Waals surface area contributed by atoms with Gasteiger partial charge in [-0.15, -0.1) is 11.8 Å². The van der Waals surface area contributed by atoms with E-state index in [1.54, 1.807) is 0 Å². The van der Waals surface area contributed by atoms with E-state index >= 15 is 0 Å². The quantitative estimate of drug-likeness (QED) is 0.794. The van der Waals surface area contributed by atoms with Gasteiger partial charge in [0.15, 0.2) is 0 Å². The minimum Gasteiger partial charge on any atom is -0.338 e. The first-order chi connectivity index (χ1) is 13.1. The molecule has 0 saturated carbocycles. The first-order valence-electron chi connectivity index (χ1n) is 9.15. The molecule has 2 aliphatic rings. The van der Waals surface area contributed by atoms with E-state index in [9.17, 15) is 14.0 Å². The minimum absolute atomic E-state index is 0.0684. The van der Waals surface area contributed by atoms with Crippen molar-refractivity contribution in [2.75, 3.05) is 25.4 Å². The van der Waals surface area contributed by atoms with Gasteiger partial charge in [0.2, 0.25) is 0 Å². The molecule has 0 aliphatic carbocycles. The van der Waals surface area contributed by atoms with Gasteiger partial charge in [-0.05, 0) is 49.2 Å². The lowest BCUT2D eigenvalue weighted by Crippen LogP contribution is -2.53. The van der Waals surface area contributed by atoms with Crippen LogP contribution in [0.1, 0.15) is 33.6 Å². The van der Waals surface area contributed by atoms with Gasteiger partial charge in [0.1, 0.15) is 5.82 Å². The summed E-state index contributed by atoms with van der Waals surface area (Å²) < 4.78 is 13.1. The smallest absolute Gasteiger partial charge is 0.254 e. The summed E-state index contributed by atoms with van der Waals surface area (Å²) >= 11 is 1.83. The summed E-state index contributed by atoms with van der Waals surface area (Å²) in [7, 11) is 0. The summed E-state index contributed by atoms with van der Waals surface area (Å²) in [5.74, 6) is 0.569. The summed E-state index contributed by atoms with van der Waals surface area (Å²) in [6.45, 7) is 1.94. The van der Waals surface area contributed by atoms with Gasteiger partial charge < -0.3 is 9.80 Å². The number of likely N-dealkylation sites (tertiary alicyclic amines) is 1. The zero-order valence-electron chi connectivity index (χ0n) is 14.9. The molecule has 2 saturated heterocycles. The molecule has 4 rings (SSSR count). The molecule has 2 aromatic carbocycles. The fraction of sp³-hybridized carbons (Fsp3) is 0.333. The molecule has 4 nitrogen and oxygen atoms in total. The molecule has 2 aromatic rings. The van der Waals surface area contributed by atoms with Crippen LogP contribution in [0.15, 0.2) is 54.6 Å². The van der Waals surface area contributed by atoms with Crippen molar-refractivity contribution < 1.29 is 14.0 Å². The average Bonchev–Trinajstić information content (AvgIpc) is 3.11. The summed E-state index contributed by atoms with van der Waals surface area (Å²) in [5, 5.41) is 0. The van der Waals surface area contributed by atoms with Gasteiger partial charge in [-0.1, -0.05) is 18.2 Å². The third-order valence-electron chi connectivity index (χ3n) is 5.37. The highest BCUT2D eigenvalue weighted by Crippen LogP contribution is 2.44. The maximum atomic E-state index is 13.1. The molecule has 140 valence electrons. The van der Waals surface area contributed by atoms with Gasteiger partial charge in [0.05, 0.1) is 4.87 Å². The second kappa shape index (κ2) is 7.35. The Kier molecular flexibility index (Phi) is 4.91. The van der Waals surface area contributed by atoms with E-state index in [1.807, 2.05) is 51.9 Å². The van der Waals surface area contributed by atoms with Crippen LogP contribution < -0.4 is 0 Å². The van der Waals surface area contributed by atoms with E-state index in [0.29, 0.717) is 24.2 Å². The molecule has 27 heavy (non-hydrogen) atoms. The second-order valence-electron chi connectivity index (χ2n) is 6.92. The van der Waals surface area contributed by atoms with E-state index in [-0.39, 0.29) is 22.5 Å². The normalized spacial score (nSPS) is 18.7. The number of rotatable bonds is 2. The van der Waals surface area contributed by atoms with Gasteiger partial charge in [-0.2, -0.15) is 0 Å². The number of benzene rings is 2. The highest BCUT2D eigenvalue weighted by Gasteiger charge is 2.47. The van der Waals surface area contributed by atoms with Crippen LogP contribution in [0.2, 0.25) is 0 Å². The Hall–Kier alpha value is -2.34. The van der Waals surface area contributed by atoms with Gasteiger partial charge in [0, 0.05) is 36.5 Å². The number of hydrogen-bond donors (Lipinski definition) is 0. The number of carbonyl (C=O) groups is 2. The molecule has 0 aromatic heterocycles. The Morgan fingerprint density at radius 1 is 0.852 bits per heavy atom. The fourth-order valence-corrected chi connectivity index (χ4v) is 5.34. The van der Waals surface area contributed by atoms with Crippen molar-refractivity contribution in [3.63, 3.8) is 0 Å². The molecule has 2 aliphatic heterocycles. The summed E-state index contributed by atoms with van der Waals surface area (Å²) in [6, 6.07) is 15.1. The topological polar surface area (TPSA) is 40.6 Å². The summed E-state index contributed by atoms with van der Waals surface area (Å²) in [6.07, 6.45) is 1.51. The third-order valence-corrected chi connectivity index (χ3v) is 6.92. The van der Waals surface area contributed by atoms with Crippen LogP contribution in [0.4, 0.5) is 4.39 Å². The van der Waals surface area contributed by atoms with E-state index in [0.717, 1.165) is 25.1 Å². The second-order valence-corrected chi connectivity index (χ2v) is 8.37. The number of piperidine rings is 1. The monoisotopic (exact) mass is 384 g/mol. The van der Waals surface area contributed by atoms with Crippen molar-refractivity contribution in [1.29, 1.82) is 0 Å². The summed E-state index contributed by atoms with van der Waals surface area (Å²) in [5.41, 5.74) is 1.22. The molecule has 2 fully saturated rings. The highest BCUT2D eigenvalue weighted by molar-refractivity contribution is 8.00. The van der Waals surface area contributed by atoms with Crippen LogP contribution in [0.5, 0.6) is 0 Å². The third kappa shape index (κ3) is 3.46. The molecule has 1 spiro atoms. The zero-order chi connectivity index (χ0) is 18.9. The highest BCUT2D eigenvalue weighted by atomic mass is 32.2. The first kappa shape index (κ1) is 18.0. The van der Waals surface area contributed by atoms with Gasteiger partial charge in [0.25, 0.3) is 11.8 Å². The summed E-state index contributed by atoms with van der Waals surface area (Å²) in [4.78, 5) is 29.2. The Morgan fingerprint density at radius 2 is 1.48 bits per heavy atom. The van der Waals surface area contributed by atoms with Crippen LogP contribution >= 0.6 is 11.8 Å². The Morgan fingerprint density at radius 3 is 2.15 bits per heavy atom. The lowest BCUT2D eigenvalue weighted by molar-refractivity contribution is 0.0498. The van der Waals surface area contributed by atoms with Crippen molar-refractivity contribution in [2.45, 2.75) is 17.7 Å². The number of halogens is 1. The first-order valence-corrected chi connectivity index (χ1v) is 10.1. The van der Waals surface area contributed by atoms with Crippen molar-refractivity contribution in [3.8, 4) is 0 Å². The maximum absolute atomic E-state index is 13.1. The van der Waals surface area contributed by atoms with Gasteiger partial charge in [-0.3, -0.25) is 9.59 Å². The maximum Gasteiger partial charge on any atom is 0.254 e. The number of nitrogens with zero attached hydrogens (tertiary/aromatic N) is 2. The van der Waals surface area contributed by atoms with Crippen molar-refractivity contribution in [3.05, 3.63) is 71.5 Å². The van der Waals surface area contributed by atoms with Crippen LogP contribution in [0, 0.1) is 5.82 Å².